The molecule has 3 heteroatoms. The smallest absolute Gasteiger partial charge is 0 e. The van der Waals surface area contributed by atoms with Gasteiger partial charge in [0.15, 0.2) is 0 Å². The van der Waals surface area contributed by atoms with E-state index in [1.165, 1.54) is 54.2 Å². The molecule has 0 saturated carbocycles. The van der Waals surface area contributed by atoms with Crippen molar-refractivity contribution < 1.29 is 50.7 Å². The minimum Gasteiger partial charge on any atom is -1.00 e. The summed E-state index contributed by atoms with van der Waals surface area (Å²) in [5, 5.41) is 10.8. The average Bonchev–Trinajstić information content (AvgIpc) is 3.36. The first-order chi connectivity index (χ1) is 15.1. The molecular weight excluding hydrogens is 622 g/mol. The zero-order valence-electron chi connectivity index (χ0n) is 19.6. The molecule has 6 aromatic rings. The van der Waals surface area contributed by atoms with E-state index < -0.39 is 0 Å². The maximum atomic E-state index is 3.38. The Morgan fingerprint density at radius 3 is 1.29 bits per heavy atom. The van der Waals surface area contributed by atoms with Crippen LogP contribution in [-0.4, -0.2) is 0 Å². The standard InChI is InChI=1S/2C14H11.C3H6.2ClH.Hf/c2*1-10-8-12-7-6-11-4-2-3-5-13(11)14(12)9-10;1-3-2;;;/h2*2-9H,1H3;1-3H2;2*1H;/q2*-1;-2;;;/p-2. The Hall–Kier alpha value is -1.93. The third-order valence-corrected chi connectivity index (χ3v) is 5.52. The van der Waals surface area contributed by atoms with E-state index in [9.17, 15) is 0 Å². The molecule has 0 aliphatic heterocycles. The Morgan fingerprint density at radius 1 is 0.559 bits per heavy atom. The topological polar surface area (TPSA) is 0 Å². The quantitative estimate of drug-likeness (QED) is 0.175. The van der Waals surface area contributed by atoms with Gasteiger partial charge in [-0.05, 0) is 10.8 Å². The van der Waals surface area contributed by atoms with E-state index >= 15 is 0 Å². The molecule has 0 fully saturated rings. The number of hydrogen-bond acceptors (Lipinski definition) is 0. The van der Waals surface area contributed by atoms with Crippen molar-refractivity contribution in [3.63, 3.8) is 0 Å². The van der Waals surface area contributed by atoms with Crippen LogP contribution in [0.1, 0.15) is 17.5 Å². The fraction of sp³-hybridized carbons (Fsp3) is 0.0968. The summed E-state index contributed by atoms with van der Waals surface area (Å²) in [6.07, 6.45) is 0.750. The number of benzene rings is 4. The molecule has 0 nitrogen and oxygen atoms in total. The van der Waals surface area contributed by atoms with Crippen LogP contribution in [0.25, 0.3) is 43.1 Å². The van der Waals surface area contributed by atoms with E-state index in [0.717, 1.165) is 6.42 Å². The Bertz CT molecular complexity index is 1340. The summed E-state index contributed by atoms with van der Waals surface area (Å²) in [6, 6.07) is 34.9. The van der Waals surface area contributed by atoms with Gasteiger partial charge in [-0.3, -0.25) is 0 Å². The number of halogens is 2. The van der Waals surface area contributed by atoms with Crippen LogP contribution in [0.15, 0.2) is 97.1 Å². The molecular formula is C31H28Cl2Hf-6. The Balaban J connectivity index is 0.000000283. The van der Waals surface area contributed by atoms with E-state index in [0.29, 0.717) is 0 Å². The molecule has 0 amide bonds. The fourth-order valence-electron chi connectivity index (χ4n) is 4.23. The molecule has 0 bridgehead atoms. The number of rotatable bonds is 0. The second-order valence-electron chi connectivity index (χ2n) is 8.00. The summed E-state index contributed by atoms with van der Waals surface area (Å²) in [5.41, 5.74) is 2.69. The molecule has 0 aromatic heterocycles. The van der Waals surface area contributed by atoms with Gasteiger partial charge in [-0.25, -0.2) is 0 Å². The minimum absolute atomic E-state index is 0. The van der Waals surface area contributed by atoms with Crippen LogP contribution in [0.3, 0.4) is 0 Å². The summed E-state index contributed by atoms with van der Waals surface area (Å²) < 4.78 is 0. The van der Waals surface area contributed by atoms with E-state index in [2.05, 4.69) is 125 Å². The van der Waals surface area contributed by atoms with Gasteiger partial charge in [0.05, 0.1) is 0 Å². The molecule has 34 heavy (non-hydrogen) atoms. The number of aryl methyl sites for hydroxylation is 2. The summed E-state index contributed by atoms with van der Waals surface area (Å²) in [7, 11) is 0. The second kappa shape index (κ2) is 13.8. The summed E-state index contributed by atoms with van der Waals surface area (Å²) in [4.78, 5) is 0. The SMILES string of the molecule is Cc1cc2c(ccc3ccccc32)[cH-]1.Cc1cc2c(ccc3ccccc32)[cH-]1.[CH2-]C[CH2-].[Cl-].[Cl-].[Hf]. The summed E-state index contributed by atoms with van der Waals surface area (Å²) in [6.45, 7) is 11.0. The fourth-order valence-corrected chi connectivity index (χ4v) is 4.23. The van der Waals surface area contributed by atoms with E-state index in [1.807, 2.05) is 0 Å². The summed E-state index contributed by atoms with van der Waals surface area (Å²) in [5.74, 6) is 0. The molecule has 0 heterocycles. The second-order valence-corrected chi connectivity index (χ2v) is 8.00. The molecule has 0 spiro atoms. The van der Waals surface area contributed by atoms with Gasteiger partial charge >= 0.3 is 0 Å². The van der Waals surface area contributed by atoms with Crippen molar-refractivity contribution in [1.29, 1.82) is 0 Å². The van der Waals surface area contributed by atoms with Gasteiger partial charge in [-0.2, -0.15) is 12.1 Å². The Labute approximate surface area is 234 Å². The third kappa shape index (κ3) is 6.60. The van der Waals surface area contributed by atoms with Gasteiger partial charge in [-0.15, -0.1) is 56.9 Å². The molecule has 0 unspecified atom stereocenters. The van der Waals surface area contributed by atoms with Crippen LogP contribution in [-0.2, 0) is 25.8 Å². The first kappa shape index (κ1) is 30.1. The van der Waals surface area contributed by atoms with Crippen LogP contribution in [0.5, 0.6) is 0 Å². The molecule has 0 radical (unpaired) electrons. The van der Waals surface area contributed by atoms with Crippen molar-refractivity contribution in [2.75, 3.05) is 0 Å². The van der Waals surface area contributed by atoms with Crippen LogP contribution in [0.2, 0.25) is 0 Å². The maximum absolute atomic E-state index is 3.38. The molecule has 0 saturated heterocycles. The predicted molar refractivity (Wildman–Crippen MR) is 139 cm³/mol. The van der Waals surface area contributed by atoms with Crippen LogP contribution in [0.4, 0.5) is 0 Å². The van der Waals surface area contributed by atoms with E-state index in [-0.39, 0.29) is 50.7 Å². The average molecular weight is 650 g/mol. The maximum Gasteiger partial charge on any atom is 0 e. The van der Waals surface area contributed by atoms with Crippen molar-refractivity contribution in [2.45, 2.75) is 20.3 Å². The summed E-state index contributed by atoms with van der Waals surface area (Å²) >= 11 is 0. The number of fused-ring (bicyclic) bond motifs is 6. The monoisotopic (exact) mass is 650 g/mol. The molecule has 0 atom stereocenters. The zero-order valence-corrected chi connectivity index (χ0v) is 24.7. The normalized spacial score (nSPS) is 9.76. The van der Waals surface area contributed by atoms with Crippen molar-refractivity contribution in [3.8, 4) is 0 Å². The van der Waals surface area contributed by atoms with Gasteiger partial charge in [0.1, 0.15) is 0 Å². The number of hydrogen-bond donors (Lipinski definition) is 0. The molecule has 6 rings (SSSR count). The molecule has 6 aromatic carbocycles. The van der Waals surface area contributed by atoms with Crippen LogP contribution in [0, 0.1) is 27.7 Å². The van der Waals surface area contributed by atoms with Crippen molar-refractivity contribution in [2.24, 2.45) is 0 Å². The van der Waals surface area contributed by atoms with Crippen LogP contribution < -0.4 is 24.8 Å². The Kier molecular flexibility index (Phi) is 12.2. The first-order valence-electron chi connectivity index (χ1n) is 10.8. The first-order valence-corrected chi connectivity index (χ1v) is 10.8. The van der Waals surface area contributed by atoms with Gasteiger partial charge in [0.2, 0.25) is 0 Å². The molecule has 0 N–H and O–H groups in total. The zero-order chi connectivity index (χ0) is 21.8. The largest absolute Gasteiger partial charge is 1.00 e. The van der Waals surface area contributed by atoms with Gasteiger partial charge < -0.3 is 45.1 Å². The molecule has 0 aliphatic carbocycles. The van der Waals surface area contributed by atoms with Crippen molar-refractivity contribution in [1.82, 2.24) is 0 Å². The molecule has 176 valence electrons. The third-order valence-electron chi connectivity index (χ3n) is 5.52. The van der Waals surface area contributed by atoms with Crippen molar-refractivity contribution >= 4 is 43.1 Å². The van der Waals surface area contributed by atoms with Crippen LogP contribution >= 0.6 is 0 Å². The predicted octanol–water partition coefficient (Wildman–Crippen LogP) is 3.09. The van der Waals surface area contributed by atoms with E-state index in [1.54, 1.807) is 0 Å². The minimum atomic E-state index is 0. The van der Waals surface area contributed by atoms with Crippen molar-refractivity contribution in [3.05, 3.63) is 122 Å². The molecule has 0 aliphatic rings. The van der Waals surface area contributed by atoms with Gasteiger partial charge in [-0.1, -0.05) is 85.3 Å². The Morgan fingerprint density at radius 2 is 0.912 bits per heavy atom. The van der Waals surface area contributed by atoms with E-state index in [4.69, 9.17) is 0 Å². The van der Waals surface area contributed by atoms with Gasteiger partial charge in [0, 0.05) is 25.8 Å². The van der Waals surface area contributed by atoms with Gasteiger partial charge in [0.25, 0.3) is 0 Å².